The van der Waals surface area contributed by atoms with Crippen molar-refractivity contribution >= 4 is 28.8 Å². The molecule has 0 fully saturated rings. The molecule has 2 aliphatic rings. The summed E-state index contributed by atoms with van der Waals surface area (Å²) in [6.07, 6.45) is 8.43. The molecule has 0 spiro atoms. The number of thiophene rings is 1. The number of benzene rings is 1. The molecule has 5 heteroatoms. The van der Waals surface area contributed by atoms with Crippen molar-refractivity contribution in [1.29, 1.82) is 0 Å². The van der Waals surface area contributed by atoms with Crippen LogP contribution in [0.2, 0.25) is 5.02 Å². The zero-order valence-corrected chi connectivity index (χ0v) is 18.2. The van der Waals surface area contributed by atoms with Crippen LogP contribution in [0.5, 0.6) is 0 Å². The number of carbonyl (C=O) groups is 1. The van der Waals surface area contributed by atoms with Gasteiger partial charge < -0.3 is 9.47 Å². The summed E-state index contributed by atoms with van der Waals surface area (Å²) in [6.45, 7) is 2.77. The minimum absolute atomic E-state index is 0.0971. The number of amides is 1. The number of halogens is 1. The molecule has 3 nitrogen and oxygen atoms in total. The van der Waals surface area contributed by atoms with Gasteiger partial charge in [0.1, 0.15) is 5.00 Å². The van der Waals surface area contributed by atoms with Crippen molar-refractivity contribution in [3.8, 4) is 5.00 Å². The highest BCUT2D eigenvalue weighted by molar-refractivity contribution is 7.15. The summed E-state index contributed by atoms with van der Waals surface area (Å²) in [7, 11) is 0. The van der Waals surface area contributed by atoms with Gasteiger partial charge >= 0.3 is 0 Å². The van der Waals surface area contributed by atoms with Gasteiger partial charge in [-0.25, -0.2) is 0 Å². The average Bonchev–Trinajstić information content (AvgIpc) is 3.31. The van der Waals surface area contributed by atoms with E-state index in [9.17, 15) is 4.79 Å². The van der Waals surface area contributed by atoms with Gasteiger partial charge in [-0.2, -0.15) is 0 Å². The number of rotatable bonds is 3. The molecule has 1 aliphatic heterocycles. The van der Waals surface area contributed by atoms with Crippen molar-refractivity contribution < 1.29 is 4.79 Å². The third-order valence-corrected chi connectivity index (χ3v) is 7.73. The number of carbonyl (C=O) groups excluding carboxylic acids is 1. The lowest BCUT2D eigenvalue weighted by Crippen LogP contribution is -2.34. The van der Waals surface area contributed by atoms with E-state index in [4.69, 9.17) is 11.6 Å². The largest absolute Gasteiger partial charge is 0.326 e. The summed E-state index contributed by atoms with van der Waals surface area (Å²) in [4.78, 5) is 17.0. The molecule has 2 aromatic heterocycles. The lowest BCUT2D eigenvalue weighted by molar-refractivity contribution is -0.133. The van der Waals surface area contributed by atoms with Gasteiger partial charge in [-0.05, 0) is 67.5 Å². The van der Waals surface area contributed by atoms with Gasteiger partial charge in [0.25, 0.3) is 0 Å². The molecule has 29 heavy (non-hydrogen) atoms. The maximum absolute atomic E-state index is 13.3. The minimum atomic E-state index is -0.0971. The van der Waals surface area contributed by atoms with E-state index in [1.165, 1.54) is 40.3 Å². The zero-order chi connectivity index (χ0) is 20.0. The van der Waals surface area contributed by atoms with Gasteiger partial charge in [-0.15, -0.1) is 11.3 Å². The lowest BCUT2D eigenvalue weighted by Gasteiger charge is -2.31. The van der Waals surface area contributed by atoms with Crippen LogP contribution < -0.4 is 0 Å². The van der Waals surface area contributed by atoms with Crippen molar-refractivity contribution in [2.75, 3.05) is 0 Å². The van der Waals surface area contributed by atoms with E-state index in [-0.39, 0.29) is 11.9 Å². The fraction of sp³-hybridized carbons (Fsp3) is 0.375. The summed E-state index contributed by atoms with van der Waals surface area (Å²) < 4.78 is 2.33. The van der Waals surface area contributed by atoms with Gasteiger partial charge in [-0.3, -0.25) is 4.79 Å². The second-order valence-electron chi connectivity index (χ2n) is 8.02. The standard InChI is InChI=1S/C24H25ClN2OS/c1-2-6-22(28)27-15-19-18-7-3-4-9-21(18)29-24(19)26-14-5-8-20(26)23(27)16-10-12-17(25)13-11-16/h5,8,10-14,23H,2-4,6-7,9,15H2,1H3/t23-/m0/s1. The molecule has 1 amide bonds. The topological polar surface area (TPSA) is 25.2 Å². The summed E-state index contributed by atoms with van der Waals surface area (Å²) in [6, 6.07) is 12.1. The van der Waals surface area contributed by atoms with Crippen molar-refractivity contribution in [2.24, 2.45) is 0 Å². The van der Waals surface area contributed by atoms with Crippen LogP contribution in [0.3, 0.4) is 0 Å². The fourth-order valence-corrected chi connectivity index (χ4v) is 6.31. The maximum atomic E-state index is 13.3. The van der Waals surface area contributed by atoms with Crippen LogP contribution in [0.15, 0.2) is 42.6 Å². The van der Waals surface area contributed by atoms with Crippen molar-refractivity contribution in [2.45, 2.75) is 58.0 Å². The zero-order valence-electron chi connectivity index (χ0n) is 16.7. The highest BCUT2D eigenvalue weighted by atomic mass is 35.5. The highest BCUT2D eigenvalue weighted by Crippen LogP contribution is 2.44. The number of hydrogen-bond donors (Lipinski definition) is 0. The number of nitrogens with zero attached hydrogens (tertiary/aromatic N) is 2. The summed E-state index contributed by atoms with van der Waals surface area (Å²) in [5.41, 5.74) is 5.14. The smallest absolute Gasteiger partial charge is 0.223 e. The quantitative estimate of drug-likeness (QED) is 0.484. The van der Waals surface area contributed by atoms with E-state index in [0.717, 1.165) is 29.1 Å². The molecule has 0 radical (unpaired) electrons. The molecule has 0 saturated carbocycles. The molecule has 0 N–H and O–H groups in total. The number of aromatic nitrogens is 1. The Balaban J connectivity index is 1.71. The predicted molar refractivity (Wildman–Crippen MR) is 119 cm³/mol. The molecule has 0 saturated heterocycles. The molecule has 150 valence electrons. The number of aryl methyl sites for hydroxylation is 1. The summed E-state index contributed by atoms with van der Waals surface area (Å²) >= 11 is 8.09. The molecular weight excluding hydrogens is 400 g/mol. The number of fused-ring (bicyclic) bond motifs is 5. The first kappa shape index (κ1) is 19.0. The molecule has 0 bridgehead atoms. The van der Waals surface area contributed by atoms with Gasteiger partial charge in [-0.1, -0.05) is 30.7 Å². The van der Waals surface area contributed by atoms with Crippen molar-refractivity contribution in [3.63, 3.8) is 0 Å². The Labute approximate surface area is 180 Å². The molecular formula is C24H25ClN2OS. The van der Waals surface area contributed by atoms with Crippen LogP contribution in [-0.2, 0) is 24.2 Å². The van der Waals surface area contributed by atoms with E-state index in [1.807, 2.05) is 23.5 Å². The van der Waals surface area contributed by atoms with Gasteiger partial charge in [0.2, 0.25) is 5.91 Å². The third-order valence-electron chi connectivity index (χ3n) is 6.15. The van der Waals surface area contributed by atoms with Gasteiger partial charge in [0.15, 0.2) is 0 Å². The van der Waals surface area contributed by atoms with Crippen LogP contribution >= 0.6 is 22.9 Å². The Bertz CT molecular complexity index is 1050. The second-order valence-corrected chi connectivity index (χ2v) is 9.54. The van der Waals surface area contributed by atoms with Crippen molar-refractivity contribution in [1.82, 2.24) is 9.47 Å². The Morgan fingerprint density at radius 1 is 1.14 bits per heavy atom. The van der Waals surface area contributed by atoms with Crippen LogP contribution in [0.1, 0.15) is 65.9 Å². The second kappa shape index (κ2) is 7.66. The monoisotopic (exact) mass is 424 g/mol. The molecule has 3 aromatic rings. The lowest BCUT2D eigenvalue weighted by atomic mass is 9.95. The normalized spacial score (nSPS) is 18.0. The Morgan fingerprint density at radius 2 is 1.93 bits per heavy atom. The van der Waals surface area contributed by atoms with E-state index in [1.54, 1.807) is 0 Å². The van der Waals surface area contributed by atoms with Crippen LogP contribution in [0.25, 0.3) is 5.00 Å². The first-order chi connectivity index (χ1) is 14.2. The highest BCUT2D eigenvalue weighted by Gasteiger charge is 2.35. The van der Waals surface area contributed by atoms with E-state index < -0.39 is 0 Å². The molecule has 3 heterocycles. The van der Waals surface area contributed by atoms with Crippen molar-refractivity contribution in [3.05, 3.63) is 74.9 Å². The predicted octanol–water partition coefficient (Wildman–Crippen LogP) is 6.30. The van der Waals surface area contributed by atoms with Crippen LogP contribution in [0, 0.1) is 0 Å². The first-order valence-corrected chi connectivity index (χ1v) is 11.7. The van der Waals surface area contributed by atoms with Crippen LogP contribution in [-0.4, -0.2) is 15.4 Å². The van der Waals surface area contributed by atoms with E-state index in [2.05, 4.69) is 46.9 Å². The van der Waals surface area contributed by atoms with Gasteiger partial charge in [0, 0.05) is 34.6 Å². The molecule has 1 atom stereocenters. The average molecular weight is 425 g/mol. The molecule has 1 aromatic carbocycles. The molecule has 0 unspecified atom stereocenters. The molecule has 1 aliphatic carbocycles. The van der Waals surface area contributed by atoms with Crippen LogP contribution in [0.4, 0.5) is 0 Å². The fourth-order valence-electron chi connectivity index (χ4n) is 4.78. The van der Waals surface area contributed by atoms with Gasteiger partial charge in [0.05, 0.1) is 11.7 Å². The third kappa shape index (κ3) is 3.23. The minimum Gasteiger partial charge on any atom is -0.326 e. The van der Waals surface area contributed by atoms with E-state index in [0.29, 0.717) is 13.0 Å². The number of hydrogen-bond acceptors (Lipinski definition) is 2. The maximum Gasteiger partial charge on any atom is 0.223 e. The first-order valence-electron chi connectivity index (χ1n) is 10.5. The Hall–Kier alpha value is -2.04. The molecule has 5 rings (SSSR count). The Kier molecular flexibility index (Phi) is 5.00. The Morgan fingerprint density at radius 3 is 2.72 bits per heavy atom. The summed E-state index contributed by atoms with van der Waals surface area (Å²) in [5.74, 6) is 0.226. The van der Waals surface area contributed by atoms with E-state index >= 15 is 0 Å². The summed E-state index contributed by atoms with van der Waals surface area (Å²) in [5, 5.41) is 2.03. The SMILES string of the molecule is CCCC(=O)N1Cc2c(sc3c2CCCC3)-n2cccc2[C@@H]1c1ccc(Cl)cc1.